The van der Waals surface area contributed by atoms with Crippen molar-refractivity contribution in [2.75, 3.05) is 23.8 Å². The lowest BCUT2D eigenvalue weighted by atomic mass is 10.2. The number of carbonyl (C=O) groups excluding carboxylic acids is 1. The maximum Gasteiger partial charge on any atom is 0.240 e. The molecule has 2 aromatic rings. The molecule has 6 nitrogen and oxygen atoms in total. The first-order valence-corrected chi connectivity index (χ1v) is 8.76. The summed E-state index contributed by atoms with van der Waals surface area (Å²) in [7, 11) is 1.78. The number of nitriles is 1. The Balaban J connectivity index is 2.11. The van der Waals surface area contributed by atoms with Crippen LogP contribution in [0.2, 0.25) is 0 Å². The standard InChI is InChI=1S/C15H17N5OS2/c1-11(22-15-19-18-14(17-2)23-15)13(21)20(10-6-9-16)12-7-4-3-5-8-12/h3-5,7-8,11H,6,10H2,1-2H3,(H,17,18)/t11-/m0/s1. The third-order valence-electron chi connectivity index (χ3n) is 3.03. The van der Waals surface area contributed by atoms with Crippen LogP contribution >= 0.6 is 23.1 Å². The van der Waals surface area contributed by atoms with Crippen molar-refractivity contribution in [1.29, 1.82) is 5.26 Å². The number of hydrogen-bond acceptors (Lipinski definition) is 7. The number of aromatic nitrogens is 2. The third-order valence-corrected chi connectivity index (χ3v) is 5.14. The minimum Gasteiger partial charge on any atom is -0.363 e. The topological polar surface area (TPSA) is 81.9 Å². The van der Waals surface area contributed by atoms with Crippen LogP contribution in [-0.2, 0) is 4.79 Å². The van der Waals surface area contributed by atoms with Crippen LogP contribution in [0.3, 0.4) is 0 Å². The molecule has 0 aliphatic heterocycles. The molecule has 23 heavy (non-hydrogen) atoms. The number of thioether (sulfide) groups is 1. The van der Waals surface area contributed by atoms with Crippen molar-refractivity contribution >= 4 is 39.8 Å². The zero-order chi connectivity index (χ0) is 16.7. The lowest BCUT2D eigenvalue weighted by molar-refractivity contribution is -0.117. The first kappa shape index (κ1) is 17.2. The Morgan fingerprint density at radius 1 is 1.43 bits per heavy atom. The van der Waals surface area contributed by atoms with Gasteiger partial charge in [0.25, 0.3) is 0 Å². The van der Waals surface area contributed by atoms with Crippen molar-refractivity contribution < 1.29 is 4.79 Å². The summed E-state index contributed by atoms with van der Waals surface area (Å²) in [4.78, 5) is 14.4. The van der Waals surface area contributed by atoms with Crippen molar-refractivity contribution in [3.05, 3.63) is 30.3 Å². The maximum absolute atomic E-state index is 12.8. The van der Waals surface area contributed by atoms with Crippen LogP contribution in [0.4, 0.5) is 10.8 Å². The third kappa shape index (κ3) is 4.68. The second-order valence-corrected chi connectivity index (χ2v) is 7.18. The quantitative estimate of drug-likeness (QED) is 0.775. The Hall–Kier alpha value is -2.11. The van der Waals surface area contributed by atoms with Gasteiger partial charge in [0, 0.05) is 19.3 Å². The van der Waals surface area contributed by atoms with Crippen LogP contribution in [0.5, 0.6) is 0 Å². The molecule has 0 fully saturated rings. The average Bonchev–Trinajstić information content (AvgIpc) is 3.03. The Morgan fingerprint density at radius 3 is 2.78 bits per heavy atom. The van der Waals surface area contributed by atoms with E-state index in [1.807, 2.05) is 37.3 Å². The van der Waals surface area contributed by atoms with E-state index in [2.05, 4.69) is 21.6 Å². The fourth-order valence-electron chi connectivity index (χ4n) is 1.92. The van der Waals surface area contributed by atoms with E-state index >= 15 is 0 Å². The Morgan fingerprint density at radius 2 is 2.17 bits per heavy atom. The minimum atomic E-state index is -0.313. The Bertz CT molecular complexity index is 683. The molecule has 0 radical (unpaired) electrons. The van der Waals surface area contributed by atoms with Gasteiger partial charge < -0.3 is 10.2 Å². The molecule has 0 spiro atoms. The van der Waals surface area contributed by atoms with E-state index in [1.54, 1.807) is 11.9 Å². The van der Waals surface area contributed by atoms with Gasteiger partial charge >= 0.3 is 0 Å². The number of benzene rings is 1. The second-order valence-electron chi connectivity index (χ2n) is 4.62. The van der Waals surface area contributed by atoms with Crippen LogP contribution in [-0.4, -0.2) is 34.9 Å². The summed E-state index contributed by atoms with van der Waals surface area (Å²) in [6.45, 7) is 2.22. The summed E-state index contributed by atoms with van der Waals surface area (Å²) in [5.41, 5.74) is 0.799. The highest BCUT2D eigenvalue weighted by Gasteiger charge is 2.24. The lowest BCUT2D eigenvalue weighted by Gasteiger charge is -2.24. The number of rotatable bonds is 7. The zero-order valence-corrected chi connectivity index (χ0v) is 14.5. The normalized spacial score (nSPS) is 11.5. The second kappa shape index (κ2) is 8.50. The summed E-state index contributed by atoms with van der Waals surface area (Å²) < 4.78 is 0.739. The van der Waals surface area contributed by atoms with E-state index < -0.39 is 0 Å². The van der Waals surface area contributed by atoms with Crippen LogP contribution in [0.25, 0.3) is 0 Å². The van der Waals surface area contributed by atoms with Gasteiger partial charge in [0.1, 0.15) is 0 Å². The first-order valence-electron chi connectivity index (χ1n) is 7.07. The summed E-state index contributed by atoms with van der Waals surface area (Å²) >= 11 is 2.79. The molecule has 8 heteroatoms. The molecule has 1 amide bonds. The Kier molecular flexibility index (Phi) is 6.38. The van der Waals surface area contributed by atoms with E-state index in [4.69, 9.17) is 5.26 Å². The van der Waals surface area contributed by atoms with Crippen molar-refractivity contribution in [2.24, 2.45) is 0 Å². The lowest BCUT2D eigenvalue weighted by Crippen LogP contribution is -2.37. The molecule has 0 unspecified atom stereocenters. The molecule has 0 aliphatic carbocycles. The fraction of sp³-hybridized carbons (Fsp3) is 0.333. The van der Waals surface area contributed by atoms with Crippen molar-refractivity contribution in [3.8, 4) is 6.07 Å². The smallest absolute Gasteiger partial charge is 0.240 e. The van der Waals surface area contributed by atoms with Gasteiger partial charge in [-0.15, -0.1) is 10.2 Å². The summed E-state index contributed by atoms with van der Waals surface area (Å²) in [6.07, 6.45) is 0.292. The predicted octanol–water partition coefficient (Wildman–Crippen LogP) is 3.01. The summed E-state index contributed by atoms with van der Waals surface area (Å²) in [6, 6.07) is 11.5. The van der Waals surface area contributed by atoms with Gasteiger partial charge in [-0.3, -0.25) is 4.79 Å². The van der Waals surface area contributed by atoms with Crippen LogP contribution in [0.15, 0.2) is 34.7 Å². The molecule has 0 saturated carbocycles. The molecule has 0 saturated heterocycles. The first-order chi connectivity index (χ1) is 11.2. The fourth-order valence-corrected chi connectivity index (χ4v) is 3.83. The van der Waals surface area contributed by atoms with Crippen molar-refractivity contribution in [1.82, 2.24) is 10.2 Å². The van der Waals surface area contributed by atoms with Crippen LogP contribution in [0.1, 0.15) is 13.3 Å². The monoisotopic (exact) mass is 347 g/mol. The van der Waals surface area contributed by atoms with Gasteiger partial charge in [-0.2, -0.15) is 5.26 Å². The van der Waals surface area contributed by atoms with Crippen LogP contribution < -0.4 is 10.2 Å². The zero-order valence-electron chi connectivity index (χ0n) is 12.9. The molecule has 0 aliphatic rings. The maximum atomic E-state index is 12.8. The molecule has 120 valence electrons. The van der Waals surface area contributed by atoms with E-state index in [9.17, 15) is 4.79 Å². The van der Waals surface area contributed by atoms with Crippen LogP contribution in [0, 0.1) is 11.3 Å². The number of para-hydroxylation sites is 1. The highest BCUT2D eigenvalue weighted by atomic mass is 32.2. The van der Waals surface area contributed by atoms with Gasteiger partial charge in [-0.25, -0.2) is 0 Å². The van der Waals surface area contributed by atoms with E-state index in [0.717, 1.165) is 15.2 Å². The molecule has 1 atom stereocenters. The molecular formula is C15H17N5OS2. The minimum absolute atomic E-state index is 0.0438. The largest absolute Gasteiger partial charge is 0.363 e. The molecule has 1 heterocycles. The van der Waals surface area contributed by atoms with E-state index in [0.29, 0.717) is 13.0 Å². The molecule has 0 bridgehead atoms. The van der Waals surface area contributed by atoms with Gasteiger partial charge in [-0.1, -0.05) is 41.3 Å². The van der Waals surface area contributed by atoms with Crippen molar-refractivity contribution in [2.45, 2.75) is 22.9 Å². The number of anilines is 2. The van der Waals surface area contributed by atoms with Gasteiger partial charge in [0.2, 0.25) is 11.0 Å². The summed E-state index contributed by atoms with van der Waals surface area (Å²) in [5, 5.41) is 20.2. The number of nitrogens with one attached hydrogen (secondary N) is 1. The van der Waals surface area contributed by atoms with Gasteiger partial charge in [-0.05, 0) is 19.1 Å². The molecule has 1 aromatic carbocycles. The van der Waals surface area contributed by atoms with E-state index in [-0.39, 0.29) is 11.2 Å². The highest BCUT2D eigenvalue weighted by Crippen LogP contribution is 2.30. The highest BCUT2D eigenvalue weighted by molar-refractivity contribution is 8.02. The SMILES string of the molecule is CNc1nnc(S[C@@H](C)C(=O)N(CCC#N)c2ccccc2)s1. The van der Waals surface area contributed by atoms with E-state index in [1.165, 1.54) is 23.1 Å². The van der Waals surface area contributed by atoms with Gasteiger partial charge in [0.15, 0.2) is 4.34 Å². The number of carbonyl (C=O) groups is 1. The predicted molar refractivity (Wildman–Crippen MR) is 93.8 cm³/mol. The van der Waals surface area contributed by atoms with Crippen molar-refractivity contribution in [3.63, 3.8) is 0 Å². The molecular weight excluding hydrogens is 330 g/mol. The molecule has 1 aromatic heterocycles. The number of amides is 1. The average molecular weight is 347 g/mol. The number of hydrogen-bond donors (Lipinski definition) is 1. The molecule has 2 rings (SSSR count). The van der Waals surface area contributed by atoms with Gasteiger partial charge in [0.05, 0.1) is 17.7 Å². The summed E-state index contributed by atoms with van der Waals surface area (Å²) in [5.74, 6) is -0.0438. The molecule has 1 N–H and O–H groups in total. The Labute approximate surface area is 143 Å². The number of nitrogens with zero attached hydrogens (tertiary/aromatic N) is 4.